The van der Waals surface area contributed by atoms with Gasteiger partial charge in [-0.1, -0.05) is 19.3 Å². The summed E-state index contributed by atoms with van der Waals surface area (Å²) in [6, 6.07) is 0. The van der Waals surface area contributed by atoms with Gasteiger partial charge in [-0.2, -0.15) is 0 Å². The van der Waals surface area contributed by atoms with E-state index in [0.29, 0.717) is 5.92 Å². The topological polar surface area (TPSA) is 34.1 Å². The van der Waals surface area contributed by atoms with Crippen LogP contribution in [0.5, 0.6) is 0 Å². The molecule has 0 saturated heterocycles. The number of methoxy groups -OCH3 is 1. The highest BCUT2D eigenvalue weighted by atomic mass is 32.1. The summed E-state index contributed by atoms with van der Waals surface area (Å²) < 4.78 is 5.82. The average molecular weight is 311 g/mol. The predicted molar refractivity (Wildman–Crippen MR) is 89.8 cm³/mol. The number of nitrogens with zero attached hydrogens (tertiary/aromatic N) is 1. The van der Waals surface area contributed by atoms with Gasteiger partial charge >= 0.3 is 0 Å². The van der Waals surface area contributed by atoms with E-state index in [1.54, 1.807) is 0 Å². The Balaban J connectivity index is 2.08. The Kier molecular flexibility index (Phi) is 5.81. The minimum atomic E-state index is 0.140. The first-order valence-corrected chi connectivity index (χ1v) is 8.96. The van der Waals surface area contributed by atoms with Crippen molar-refractivity contribution in [1.82, 2.24) is 10.3 Å². The number of aromatic nitrogens is 1. The molecule has 1 unspecified atom stereocenters. The Hall–Kier alpha value is -0.450. The minimum absolute atomic E-state index is 0.140. The molecule has 1 aromatic heterocycles. The number of aryl methyl sites for hydroxylation is 1. The predicted octanol–water partition coefficient (Wildman–Crippen LogP) is 4.61. The van der Waals surface area contributed by atoms with Gasteiger partial charge in [0.25, 0.3) is 0 Å². The van der Waals surface area contributed by atoms with E-state index in [4.69, 9.17) is 9.72 Å². The van der Waals surface area contributed by atoms with Crippen LogP contribution in [0.2, 0.25) is 0 Å². The fourth-order valence-electron chi connectivity index (χ4n) is 3.01. The first-order valence-electron chi connectivity index (χ1n) is 8.15. The molecule has 2 rings (SSSR count). The quantitative estimate of drug-likeness (QED) is 0.862. The van der Waals surface area contributed by atoms with Crippen LogP contribution in [0.4, 0.5) is 0 Å². The molecule has 1 aliphatic rings. The molecule has 0 bridgehead atoms. The van der Waals surface area contributed by atoms with Crippen LogP contribution in [-0.4, -0.2) is 17.6 Å². The van der Waals surface area contributed by atoms with Crippen LogP contribution >= 0.6 is 11.3 Å². The van der Waals surface area contributed by atoms with Gasteiger partial charge in [0.15, 0.2) is 0 Å². The van der Waals surface area contributed by atoms with Crippen LogP contribution in [0, 0.1) is 12.8 Å². The standard InChI is InChI=1S/C17H30N2OS/c1-12-14(11-18-17(2,3)4)21-16(19-12)15(20-5)13-9-7-6-8-10-13/h13,15,18H,6-11H2,1-5H3. The lowest BCUT2D eigenvalue weighted by Gasteiger charge is -2.27. The Labute approximate surface area is 133 Å². The summed E-state index contributed by atoms with van der Waals surface area (Å²) in [7, 11) is 1.84. The van der Waals surface area contributed by atoms with Crippen molar-refractivity contribution in [3.8, 4) is 0 Å². The van der Waals surface area contributed by atoms with Crippen molar-refractivity contribution in [2.45, 2.75) is 78.0 Å². The lowest BCUT2D eigenvalue weighted by molar-refractivity contribution is 0.0352. The molecular weight excluding hydrogens is 280 g/mol. The van der Waals surface area contributed by atoms with Crippen molar-refractivity contribution >= 4 is 11.3 Å². The zero-order chi connectivity index (χ0) is 15.5. The smallest absolute Gasteiger partial charge is 0.122 e. The SMILES string of the molecule is COC(c1nc(C)c(CNC(C)(C)C)s1)C1CCCCC1. The van der Waals surface area contributed by atoms with Gasteiger partial charge in [-0.15, -0.1) is 11.3 Å². The zero-order valence-corrected chi connectivity index (χ0v) is 15.0. The summed E-state index contributed by atoms with van der Waals surface area (Å²) in [6.07, 6.45) is 6.82. The van der Waals surface area contributed by atoms with Gasteiger partial charge in [-0.25, -0.2) is 4.98 Å². The van der Waals surface area contributed by atoms with E-state index in [1.807, 2.05) is 18.4 Å². The molecule has 1 N–H and O–H groups in total. The van der Waals surface area contributed by atoms with E-state index < -0.39 is 0 Å². The van der Waals surface area contributed by atoms with Crippen molar-refractivity contribution < 1.29 is 4.74 Å². The number of thiazole rings is 1. The molecule has 1 atom stereocenters. The molecule has 0 spiro atoms. The number of ether oxygens (including phenoxy) is 1. The maximum absolute atomic E-state index is 5.82. The lowest BCUT2D eigenvalue weighted by Crippen LogP contribution is -2.34. The molecule has 1 aliphatic carbocycles. The Morgan fingerprint density at radius 1 is 1.29 bits per heavy atom. The van der Waals surface area contributed by atoms with Crippen molar-refractivity contribution in [2.75, 3.05) is 7.11 Å². The van der Waals surface area contributed by atoms with Gasteiger partial charge in [0.2, 0.25) is 0 Å². The Morgan fingerprint density at radius 2 is 1.95 bits per heavy atom. The Bertz CT molecular complexity index is 444. The molecule has 1 heterocycles. The van der Waals surface area contributed by atoms with Crippen LogP contribution in [0.3, 0.4) is 0 Å². The minimum Gasteiger partial charge on any atom is -0.374 e. The third-order valence-electron chi connectivity index (χ3n) is 4.26. The molecule has 1 saturated carbocycles. The van der Waals surface area contributed by atoms with Gasteiger partial charge in [0.1, 0.15) is 11.1 Å². The summed E-state index contributed by atoms with van der Waals surface area (Å²) in [5.74, 6) is 0.651. The average Bonchev–Trinajstić information content (AvgIpc) is 2.79. The molecule has 4 heteroatoms. The summed E-state index contributed by atoms with van der Waals surface area (Å²) >= 11 is 1.83. The van der Waals surface area contributed by atoms with Crippen LogP contribution in [-0.2, 0) is 11.3 Å². The monoisotopic (exact) mass is 310 g/mol. The second-order valence-corrected chi connectivity index (χ2v) is 8.33. The molecule has 1 fully saturated rings. The van der Waals surface area contributed by atoms with Gasteiger partial charge in [0.05, 0.1) is 5.69 Å². The van der Waals surface area contributed by atoms with Crippen molar-refractivity contribution in [2.24, 2.45) is 5.92 Å². The number of hydrogen-bond acceptors (Lipinski definition) is 4. The number of nitrogens with one attached hydrogen (secondary N) is 1. The molecule has 0 aliphatic heterocycles. The van der Waals surface area contributed by atoms with Gasteiger partial charge in [-0.05, 0) is 46.5 Å². The van der Waals surface area contributed by atoms with Crippen molar-refractivity contribution in [3.05, 3.63) is 15.6 Å². The Morgan fingerprint density at radius 3 is 2.52 bits per heavy atom. The molecule has 0 amide bonds. The van der Waals surface area contributed by atoms with E-state index in [9.17, 15) is 0 Å². The van der Waals surface area contributed by atoms with E-state index in [1.165, 1.54) is 42.0 Å². The normalized spacial score (nSPS) is 18.9. The first-order chi connectivity index (χ1) is 9.90. The third kappa shape index (κ3) is 4.76. The molecule has 3 nitrogen and oxygen atoms in total. The van der Waals surface area contributed by atoms with Crippen molar-refractivity contribution in [1.29, 1.82) is 0 Å². The molecule has 21 heavy (non-hydrogen) atoms. The molecule has 0 aromatic carbocycles. The number of hydrogen-bond donors (Lipinski definition) is 1. The highest BCUT2D eigenvalue weighted by molar-refractivity contribution is 7.11. The highest BCUT2D eigenvalue weighted by Gasteiger charge is 2.28. The van der Waals surface area contributed by atoms with Crippen LogP contribution < -0.4 is 5.32 Å². The summed E-state index contributed by atoms with van der Waals surface area (Å²) in [5.41, 5.74) is 1.30. The van der Waals surface area contributed by atoms with E-state index >= 15 is 0 Å². The van der Waals surface area contributed by atoms with Crippen molar-refractivity contribution in [3.63, 3.8) is 0 Å². The molecule has 0 radical (unpaired) electrons. The van der Waals surface area contributed by atoms with Crippen LogP contribution in [0.15, 0.2) is 0 Å². The fourth-order valence-corrected chi connectivity index (χ4v) is 4.19. The summed E-state index contributed by atoms with van der Waals surface area (Å²) in [4.78, 5) is 6.16. The van der Waals surface area contributed by atoms with Crippen LogP contribution in [0.1, 0.15) is 74.6 Å². The second-order valence-electron chi connectivity index (χ2n) is 7.22. The molecule has 1 aromatic rings. The summed E-state index contributed by atoms with van der Waals surface area (Å²) in [6.45, 7) is 9.61. The van der Waals surface area contributed by atoms with Crippen LogP contribution in [0.25, 0.3) is 0 Å². The summed E-state index contributed by atoms with van der Waals surface area (Å²) in [5, 5.41) is 4.73. The van der Waals surface area contributed by atoms with Gasteiger partial charge in [0, 0.05) is 24.1 Å². The first kappa shape index (κ1) is 16.9. The maximum atomic E-state index is 5.82. The maximum Gasteiger partial charge on any atom is 0.122 e. The second kappa shape index (κ2) is 7.21. The zero-order valence-electron chi connectivity index (χ0n) is 14.2. The van der Waals surface area contributed by atoms with Gasteiger partial charge < -0.3 is 10.1 Å². The third-order valence-corrected chi connectivity index (χ3v) is 5.48. The van der Waals surface area contributed by atoms with E-state index in [0.717, 1.165) is 12.2 Å². The number of rotatable bonds is 5. The van der Waals surface area contributed by atoms with Gasteiger partial charge in [-0.3, -0.25) is 0 Å². The molecule has 120 valence electrons. The van der Waals surface area contributed by atoms with E-state index in [2.05, 4.69) is 33.0 Å². The highest BCUT2D eigenvalue weighted by Crippen LogP contribution is 2.38. The fraction of sp³-hybridized carbons (Fsp3) is 0.824. The van der Waals surface area contributed by atoms with E-state index in [-0.39, 0.29) is 11.6 Å². The lowest BCUT2D eigenvalue weighted by atomic mass is 9.85. The molecular formula is C17H30N2OS. The largest absolute Gasteiger partial charge is 0.374 e.